The van der Waals surface area contributed by atoms with Crippen molar-refractivity contribution < 1.29 is 18.4 Å². The molecule has 1 rings (SSSR count). The molecule has 4 nitrogen and oxygen atoms in total. The largest absolute Gasteiger partial charge is 0.409 e. The van der Waals surface area contributed by atoms with Crippen LogP contribution in [0.3, 0.4) is 0 Å². The van der Waals surface area contributed by atoms with Crippen molar-refractivity contribution in [3.05, 3.63) is 0 Å². The smallest absolute Gasteiger partial charge is 0.400 e. The molecule has 0 radical (unpaired) electrons. The molecule has 0 aromatic rings. The van der Waals surface area contributed by atoms with Crippen molar-refractivity contribution in [2.75, 3.05) is 13.1 Å². The van der Waals surface area contributed by atoms with Crippen molar-refractivity contribution in [1.82, 2.24) is 5.32 Å². The van der Waals surface area contributed by atoms with Crippen LogP contribution in [-0.2, 0) is 0 Å². The average Bonchev–Trinajstić information content (AvgIpc) is 2.93. The maximum Gasteiger partial charge on any atom is 0.400 e. The van der Waals surface area contributed by atoms with Gasteiger partial charge in [-0.1, -0.05) is 5.16 Å². The molecule has 0 aliphatic heterocycles. The van der Waals surface area contributed by atoms with Crippen LogP contribution in [0.15, 0.2) is 5.16 Å². The van der Waals surface area contributed by atoms with Crippen LogP contribution in [0.1, 0.15) is 12.8 Å². The van der Waals surface area contributed by atoms with Crippen LogP contribution in [0.2, 0.25) is 0 Å². The zero-order valence-electron chi connectivity index (χ0n) is 8.09. The predicted octanol–water partition coefficient (Wildman–Crippen LogP) is 0.911. The van der Waals surface area contributed by atoms with Crippen molar-refractivity contribution in [3.8, 4) is 0 Å². The summed E-state index contributed by atoms with van der Waals surface area (Å²) in [5.41, 5.74) is 4.98. The molecule has 0 bridgehead atoms. The minimum atomic E-state index is -4.48. The number of nitrogens with zero attached hydrogens (tertiary/aromatic N) is 1. The summed E-state index contributed by atoms with van der Waals surface area (Å²) in [6.45, 7) is 0.223. The SMILES string of the molecule is NC(=NO)C(CNCC1CC1)C(F)(F)F. The second kappa shape index (κ2) is 4.69. The number of amidine groups is 1. The normalized spacial score (nSPS) is 20.3. The van der Waals surface area contributed by atoms with Gasteiger partial charge in [-0.3, -0.25) is 0 Å². The number of alkyl halides is 3. The van der Waals surface area contributed by atoms with Crippen LogP contribution in [0, 0.1) is 11.8 Å². The van der Waals surface area contributed by atoms with Gasteiger partial charge in [0.05, 0.1) is 0 Å². The van der Waals surface area contributed by atoms with E-state index in [2.05, 4.69) is 10.5 Å². The Morgan fingerprint density at radius 3 is 2.53 bits per heavy atom. The van der Waals surface area contributed by atoms with E-state index in [1.54, 1.807) is 0 Å². The summed E-state index contributed by atoms with van der Waals surface area (Å²) in [4.78, 5) is 0. The summed E-state index contributed by atoms with van der Waals surface area (Å²) in [7, 11) is 0. The Bertz CT molecular complexity index is 238. The predicted molar refractivity (Wildman–Crippen MR) is 48.5 cm³/mol. The highest BCUT2D eigenvalue weighted by Gasteiger charge is 2.42. The third-order valence-electron chi connectivity index (χ3n) is 2.35. The van der Waals surface area contributed by atoms with E-state index in [4.69, 9.17) is 10.9 Å². The molecule has 4 N–H and O–H groups in total. The second-order valence-electron chi connectivity index (χ2n) is 3.72. The van der Waals surface area contributed by atoms with E-state index in [0.29, 0.717) is 12.5 Å². The molecule has 1 unspecified atom stereocenters. The highest BCUT2D eigenvalue weighted by atomic mass is 19.4. The Morgan fingerprint density at radius 1 is 1.53 bits per heavy atom. The average molecular weight is 225 g/mol. The Morgan fingerprint density at radius 2 is 2.13 bits per heavy atom. The van der Waals surface area contributed by atoms with E-state index in [0.717, 1.165) is 12.8 Å². The van der Waals surface area contributed by atoms with Gasteiger partial charge in [0.1, 0.15) is 5.92 Å². The van der Waals surface area contributed by atoms with Crippen molar-refractivity contribution in [3.63, 3.8) is 0 Å². The van der Waals surface area contributed by atoms with Gasteiger partial charge in [0.15, 0.2) is 5.84 Å². The van der Waals surface area contributed by atoms with Crippen molar-refractivity contribution in [1.29, 1.82) is 0 Å². The monoisotopic (exact) mass is 225 g/mol. The van der Waals surface area contributed by atoms with Crippen LogP contribution in [0.5, 0.6) is 0 Å². The van der Waals surface area contributed by atoms with Crippen LogP contribution in [0.25, 0.3) is 0 Å². The Hall–Kier alpha value is -0.980. The van der Waals surface area contributed by atoms with Crippen LogP contribution >= 0.6 is 0 Å². The van der Waals surface area contributed by atoms with Gasteiger partial charge in [0.25, 0.3) is 0 Å². The molecule has 0 saturated heterocycles. The van der Waals surface area contributed by atoms with Crippen molar-refractivity contribution >= 4 is 5.84 Å². The topological polar surface area (TPSA) is 70.6 Å². The van der Waals surface area contributed by atoms with Crippen LogP contribution in [0.4, 0.5) is 13.2 Å². The first-order valence-corrected chi connectivity index (χ1v) is 4.70. The molecule has 0 heterocycles. The lowest BCUT2D eigenvalue weighted by Gasteiger charge is -2.19. The fourth-order valence-electron chi connectivity index (χ4n) is 1.21. The fraction of sp³-hybridized carbons (Fsp3) is 0.875. The molecule has 1 atom stereocenters. The molecule has 0 spiro atoms. The summed E-state index contributed by atoms with van der Waals surface area (Å²) >= 11 is 0. The van der Waals surface area contributed by atoms with Crippen LogP contribution < -0.4 is 11.1 Å². The maximum absolute atomic E-state index is 12.4. The highest BCUT2D eigenvalue weighted by Crippen LogP contribution is 2.29. The second-order valence-corrected chi connectivity index (χ2v) is 3.72. The molecule has 0 amide bonds. The lowest BCUT2D eigenvalue weighted by Crippen LogP contribution is -2.43. The lowest BCUT2D eigenvalue weighted by atomic mass is 10.1. The van der Waals surface area contributed by atoms with E-state index < -0.39 is 17.9 Å². The van der Waals surface area contributed by atoms with Gasteiger partial charge < -0.3 is 16.3 Å². The van der Waals surface area contributed by atoms with E-state index in [1.165, 1.54) is 0 Å². The van der Waals surface area contributed by atoms with Gasteiger partial charge >= 0.3 is 6.18 Å². The minimum Gasteiger partial charge on any atom is -0.409 e. The third-order valence-corrected chi connectivity index (χ3v) is 2.35. The molecule has 0 aromatic heterocycles. The van der Waals surface area contributed by atoms with E-state index in [1.807, 2.05) is 0 Å². The molecule has 0 aromatic carbocycles. The molecule has 1 aliphatic carbocycles. The summed E-state index contributed by atoms with van der Waals surface area (Å²) < 4.78 is 37.2. The molecule has 1 aliphatic rings. The first-order valence-electron chi connectivity index (χ1n) is 4.70. The van der Waals surface area contributed by atoms with Gasteiger partial charge in [-0.2, -0.15) is 13.2 Å². The zero-order chi connectivity index (χ0) is 11.5. The zero-order valence-corrected chi connectivity index (χ0v) is 8.09. The molecule has 88 valence electrons. The number of hydrogen-bond donors (Lipinski definition) is 3. The van der Waals surface area contributed by atoms with Gasteiger partial charge in [-0.25, -0.2) is 0 Å². The van der Waals surface area contributed by atoms with Gasteiger partial charge in [-0.15, -0.1) is 0 Å². The standard InChI is InChI=1S/C8H14F3N3O/c9-8(10,11)6(7(12)14-15)4-13-3-5-1-2-5/h5-6,13,15H,1-4H2,(H2,12,14). The molecule has 1 saturated carbocycles. The Balaban J connectivity index is 2.40. The van der Waals surface area contributed by atoms with Crippen molar-refractivity contribution in [2.45, 2.75) is 19.0 Å². The first kappa shape index (κ1) is 12.1. The van der Waals surface area contributed by atoms with Gasteiger partial charge in [0, 0.05) is 6.54 Å². The maximum atomic E-state index is 12.4. The Labute approximate surface area is 85.3 Å². The molecular formula is C8H14F3N3O. The summed E-state index contributed by atoms with van der Waals surface area (Å²) in [5.74, 6) is -2.22. The minimum absolute atomic E-state index is 0.337. The van der Waals surface area contributed by atoms with E-state index in [-0.39, 0.29) is 6.54 Å². The Kier molecular flexibility index (Phi) is 3.78. The quantitative estimate of drug-likeness (QED) is 0.282. The van der Waals surface area contributed by atoms with E-state index in [9.17, 15) is 13.2 Å². The molecule has 7 heteroatoms. The number of halogens is 3. The third kappa shape index (κ3) is 3.94. The van der Waals surface area contributed by atoms with Crippen LogP contribution in [-0.4, -0.2) is 30.3 Å². The van der Waals surface area contributed by atoms with Gasteiger partial charge in [-0.05, 0) is 25.3 Å². The van der Waals surface area contributed by atoms with E-state index >= 15 is 0 Å². The first-order chi connectivity index (χ1) is 6.95. The molecular weight excluding hydrogens is 211 g/mol. The number of nitrogens with one attached hydrogen (secondary N) is 1. The number of rotatable bonds is 5. The number of oxime groups is 1. The summed E-state index contributed by atoms with van der Waals surface area (Å²) in [6.07, 6.45) is -2.35. The number of nitrogens with two attached hydrogens (primary N) is 1. The molecule has 15 heavy (non-hydrogen) atoms. The lowest BCUT2D eigenvalue weighted by molar-refractivity contribution is -0.154. The highest BCUT2D eigenvalue weighted by molar-refractivity contribution is 5.83. The van der Waals surface area contributed by atoms with Crippen molar-refractivity contribution in [2.24, 2.45) is 22.7 Å². The number of hydrogen-bond acceptors (Lipinski definition) is 3. The summed E-state index contributed by atoms with van der Waals surface area (Å²) in [6, 6.07) is 0. The van der Waals surface area contributed by atoms with Gasteiger partial charge in [0.2, 0.25) is 0 Å². The summed E-state index contributed by atoms with van der Waals surface area (Å²) in [5, 5.41) is 13.3. The fourth-order valence-corrected chi connectivity index (χ4v) is 1.21. The molecule has 1 fully saturated rings.